The van der Waals surface area contributed by atoms with E-state index in [2.05, 4.69) is 40.2 Å². The summed E-state index contributed by atoms with van der Waals surface area (Å²) in [5.74, 6) is -0.0477. The number of nitrogens with one attached hydrogen (secondary N) is 1. The van der Waals surface area contributed by atoms with Crippen LogP contribution in [-0.2, 0) is 4.74 Å². The molecule has 0 fully saturated rings. The summed E-state index contributed by atoms with van der Waals surface area (Å²) in [6, 6.07) is 16.8. The largest absolute Gasteiger partial charge is 0.461 e. The minimum atomic E-state index is -0.468. The number of hydrogen-bond donors (Lipinski definition) is 1. The van der Waals surface area contributed by atoms with Gasteiger partial charge in [-0.25, -0.2) is 9.48 Å². The molecule has 0 spiro atoms. The number of aromatic nitrogens is 2. The number of ether oxygens (including phenoxy) is 1. The Morgan fingerprint density at radius 2 is 1.76 bits per heavy atom. The molecule has 3 aromatic rings. The van der Waals surface area contributed by atoms with Crippen LogP contribution >= 0.6 is 15.9 Å². The molecule has 7 heteroatoms. The molecule has 0 saturated carbocycles. The Balaban J connectivity index is 1.83. The van der Waals surface area contributed by atoms with Crippen LogP contribution in [0.15, 0.2) is 59.1 Å². The van der Waals surface area contributed by atoms with Gasteiger partial charge in [-0.05, 0) is 61.7 Å². The highest BCUT2D eigenvalue weighted by molar-refractivity contribution is 9.10. The molecule has 1 unspecified atom stereocenters. The first-order valence-corrected chi connectivity index (χ1v) is 12.7. The quantitative estimate of drug-likeness (QED) is 0.293. The van der Waals surface area contributed by atoms with E-state index in [-0.39, 0.29) is 18.2 Å². The first-order valence-electron chi connectivity index (χ1n) is 11.9. The van der Waals surface area contributed by atoms with Gasteiger partial charge in [0.25, 0.3) is 5.91 Å². The lowest BCUT2D eigenvalue weighted by Crippen LogP contribution is -2.29. The van der Waals surface area contributed by atoms with Crippen LogP contribution in [0.5, 0.6) is 0 Å². The molecule has 1 aromatic heterocycles. The van der Waals surface area contributed by atoms with Crippen LogP contribution in [0.2, 0.25) is 0 Å². The van der Waals surface area contributed by atoms with Crippen molar-refractivity contribution < 1.29 is 14.3 Å². The van der Waals surface area contributed by atoms with Gasteiger partial charge in [-0.1, -0.05) is 61.2 Å². The standard InChI is InChI=1S/C27H32BrN3O3/c1-4-7-8-19(5-2)18-29-26(32)21-11-15-23(16-12-21)31-25(20-9-13-22(28)14-10-20)17-24(30-31)27(33)34-6-3/h9-17,19H,4-8,18H2,1-3H3,(H,29,32). The van der Waals surface area contributed by atoms with Crippen LogP contribution in [0.25, 0.3) is 16.9 Å². The highest BCUT2D eigenvalue weighted by Gasteiger charge is 2.18. The lowest BCUT2D eigenvalue weighted by Gasteiger charge is -2.15. The van der Waals surface area contributed by atoms with Crippen molar-refractivity contribution in [3.63, 3.8) is 0 Å². The van der Waals surface area contributed by atoms with Crippen molar-refractivity contribution in [2.75, 3.05) is 13.2 Å². The zero-order valence-electron chi connectivity index (χ0n) is 20.0. The molecule has 3 rings (SSSR count). The SMILES string of the molecule is CCCCC(CC)CNC(=O)c1ccc(-n2nc(C(=O)OCC)cc2-c2ccc(Br)cc2)cc1. The Morgan fingerprint density at radius 1 is 1.06 bits per heavy atom. The van der Waals surface area contributed by atoms with Crippen LogP contribution in [-0.4, -0.2) is 34.8 Å². The second-order valence-corrected chi connectivity index (χ2v) is 9.14. The van der Waals surface area contributed by atoms with E-state index in [1.54, 1.807) is 29.8 Å². The van der Waals surface area contributed by atoms with Gasteiger partial charge in [-0.2, -0.15) is 5.10 Å². The number of hydrogen-bond acceptors (Lipinski definition) is 4. The average molecular weight is 526 g/mol. The zero-order chi connectivity index (χ0) is 24.5. The van der Waals surface area contributed by atoms with E-state index >= 15 is 0 Å². The molecule has 1 atom stereocenters. The molecule has 0 aliphatic heterocycles. The van der Waals surface area contributed by atoms with E-state index in [0.29, 0.717) is 18.0 Å². The van der Waals surface area contributed by atoms with E-state index in [9.17, 15) is 9.59 Å². The molecule has 0 saturated heterocycles. The molecule has 2 aromatic carbocycles. The Bertz CT molecular complexity index is 1090. The summed E-state index contributed by atoms with van der Waals surface area (Å²) in [6.07, 6.45) is 4.54. The molecule has 0 bridgehead atoms. The molecule has 34 heavy (non-hydrogen) atoms. The fraction of sp³-hybridized carbons (Fsp3) is 0.370. The summed E-state index contributed by atoms with van der Waals surface area (Å²) in [5, 5.41) is 7.57. The second-order valence-electron chi connectivity index (χ2n) is 8.23. The number of esters is 1. The summed E-state index contributed by atoms with van der Waals surface area (Å²) in [7, 11) is 0. The fourth-order valence-corrected chi connectivity index (χ4v) is 4.01. The number of unbranched alkanes of at least 4 members (excludes halogenated alkanes) is 1. The van der Waals surface area contributed by atoms with E-state index in [4.69, 9.17) is 4.74 Å². The predicted molar refractivity (Wildman–Crippen MR) is 138 cm³/mol. The maximum atomic E-state index is 12.7. The first kappa shape index (κ1) is 25.7. The van der Waals surface area contributed by atoms with Crippen LogP contribution in [0.1, 0.15) is 67.3 Å². The van der Waals surface area contributed by atoms with Crippen LogP contribution in [0.3, 0.4) is 0 Å². The molecule has 1 N–H and O–H groups in total. The Labute approximate surface area is 209 Å². The van der Waals surface area contributed by atoms with Gasteiger partial charge >= 0.3 is 5.97 Å². The fourth-order valence-electron chi connectivity index (χ4n) is 3.75. The number of rotatable bonds is 11. The number of carbonyl (C=O) groups excluding carboxylic acids is 2. The molecule has 6 nitrogen and oxygen atoms in total. The third-order valence-electron chi connectivity index (χ3n) is 5.80. The molecule has 0 radical (unpaired) electrons. The van der Waals surface area contributed by atoms with Crippen LogP contribution in [0.4, 0.5) is 0 Å². The summed E-state index contributed by atoms with van der Waals surface area (Å²) in [4.78, 5) is 25.0. The van der Waals surface area contributed by atoms with Crippen molar-refractivity contribution in [3.8, 4) is 16.9 Å². The first-order chi connectivity index (χ1) is 16.5. The van der Waals surface area contributed by atoms with Crippen molar-refractivity contribution in [1.29, 1.82) is 0 Å². The Morgan fingerprint density at radius 3 is 2.38 bits per heavy atom. The number of amides is 1. The molecule has 1 heterocycles. The van der Waals surface area contributed by atoms with Gasteiger partial charge < -0.3 is 10.1 Å². The topological polar surface area (TPSA) is 73.2 Å². The monoisotopic (exact) mass is 525 g/mol. The predicted octanol–water partition coefficient (Wildman–Crippen LogP) is 6.42. The van der Waals surface area contributed by atoms with Crippen molar-refractivity contribution in [2.24, 2.45) is 5.92 Å². The smallest absolute Gasteiger partial charge is 0.358 e. The van der Waals surface area contributed by atoms with Gasteiger partial charge in [-0.15, -0.1) is 0 Å². The molecule has 1 amide bonds. The number of nitrogens with zero attached hydrogens (tertiary/aromatic N) is 2. The zero-order valence-corrected chi connectivity index (χ0v) is 21.6. The Kier molecular flexibility index (Phi) is 9.45. The highest BCUT2D eigenvalue weighted by atomic mass is 79.9. The minimum absolute atomic E-state index is 0.0812. The molecular formula is C27H32BrN3O3. The lowest BCUT2D eigenvalue weighted by atomic mass is 9.99. The van der Waals surface area contributed by atoms with Gasteiger partial charge in [0.15, 0.2) is 5.69 Å². The molecular weight excluding hydrogens is 494 g/mol. The van der Waals surface area contributed by atoms with Gasteiger partial charge in [0.05, 0.1) is 18.0 Å². The van der Waals surface area contributed by atoms with Crippen molar-refractivity contribution in [1.82, 2.24) is 15.1 Å². The minimum Gasteiger partial charge on any atom is -0.461 e. The summed E-state index contributed by atoms with van der Waals surface area (Å²) in [6.45, 7) is 7.08. The van der Waals surface area contributed by atoms with Gasteiger partial charge in [-0.3, -0.25) is 4.79 Å². The van der Waals surface area contributed by atoms with E-state index in [1.165, 1.54) is 12.8 Å². The average Bonchev–Trinajstić information content (AvgIpc) is 3.30. The van der Waals surface area contributed by atoms with Gasteiger partial charge in [0.1, 0.15) is 0 Å². The summed E-state index contributed by atoms with van der Waals surface area (Å²) < 4.78 is 7.81. The summed E-state index contributed by atoms with van der Waals surface area (Å²) >= 11 is 3.46. The Hall–Kier alpha value is -2.93. The third-order valence-corrected chi connectivity index (χ3v) is 6.33. The van der Waals surface area contributed by atoms with Gasteiger partial charge in [0, 0.05) is 22.1 Å². The van der Waals surface area contributed by atoms with Crippen molar-refractivity contribution in [3.05, 3.63) is 70.3 Å². The van der Waals surface area contributed by atoms with Crippen LogP contribution < -0.4 is 5.32 Å². The van der Waals surface area contributed by atoms with E-state index < -0.39 is 5.97 Å². The molecule has 180 valence electrons. The maximum Gasteiger partial charge on any atom is 0.358 e. The lowest BCUT2D eigenvalue weighted by molar-refractivity contribution is 0.0518. The normalized spacial score (nSPS) is 11.8. The van der Waals surface area contributed by atoms with Gasteiger partial charge in [0.2, 0.25) is 0 Å². The maximum absolute atomic E-state index is 12.7. The van der Waals surface area contributed by atoms with E-state index in [0.717, 1.165) is 34.3 Å². The van der Waals surface area contributed by atoms with E-state index in [1.807, 2.05) is 36.4 Å². The van der Waals surface area contributed by atoms with Crippen molar-refractivity contribution in [2.45, 2.75) is 46.5 Å². The number of benzene rings is 2. The van der Waals surface area contributed by atoms with Crippen LogP contribution in [0, 0.1) is 5.92 Å². The molecule has 0 aliphatic rings. The number of halogens is 1. The van der Waals surface area contributed by atoms with Crippen molar-refractivity contribution >= 4 is 27.8 Å². The third kappa shape index (κ3) is 6.56. The molecule has 0 aliphatic carbocycles. The summed E-state index contributed by atoms with van der Waals surface area (Å²) in [5.41, 5.74) is 3.25. The highest BCUT2D eigenvalue weighted by Crippen LogP contribution is 2.26. The number of carbonyl (C=O) groups is 2. The second kappa shape index (κ2) is 12.5.